The van der Waals surface area contributed by atoms with E-state index in [9.17, 15) is 0 Å². The van der Waals surface area contributed by atoms with Crippen molar-refractivity contribution in [3.8, 4) is 17.2 Å². The third kappa shape index (κ3) is 26.4. The lowest BCUT2D eigenvalue weighted by atomic mass is 10.1. The Bertz CT molecular complexity index is 1070. The van der Waals surface area contributed by atoms with Crippen LogP contribution in [-0.2, 0) is 13.1 Å². The molecule has 0 amide bonds. The molecule has 1 aromatic carbocycles. The van der Waals surface area contributed by atoms with Gasteiger partial charge < -0.3 is 14.2 Å². The van der Waals surface area contributed by atoms with Crippen LogP contribution in [0, 0.1) is 0 Å². The fourth-order valence-corrected chi connectivity index (χ4v) is 7.60. The van der Waals surface area contributed by atoms with Gasteiger partial charge in [-0.05, 0) is 37.8 Å². The van der Waals surface area contributed by atoms with Gasteiger partial charge in [-0.2, -0.15) is 0 Å². The summed E-state index contributed by atoms with van der Waals surface area (Å²) >= 11 is 0. The third-order valence-electron chi connectivity index (χ3n) is 11.2. The summed E-state index contributed by atoms with van der Waals surface area (Å²) in [5, 5.41) is 0. The van der Waals surface area contributed by atoms with Gasteiger partial charge in [0, 0.05) is 5.56 Å². The summed E-state index contributed by atoms with van der Waals surface area (Å²) in [6, 6.07) is 4.46. The number of nitrogens with zero attached hydrogens (tertiary/aromatic N) is 2. The molecule has 0 atom stereocenters. The maximum Gasteiger partial charge on any atom is 0.244 e. The van der Waals surface area contributed by atoms with Gasteiger partial charge in [-0.15, -0.1) is 0 Å². The SMILES string of the molecule is CCCCCCCCCCCCOc1cc(C[n+]2ccn(CCCC)c2)cc(OCCCCCCCCCCCC)c1OCCCCCCCCCCCC. The monoisotopic (exact) mass is 768 g/mol. The van der Waals surface area contributed by atoms with E-state index < -0.39 is 0 Å². The third-order valence-corrected chi connectivity index (χ3v) is 11.2. The van der Waals surface area contributed by atoms with E-state index in [4.69, 9.17) is 14.2 Å². The molecule has 318 valence electrons. The minimum Gasteiger partial charge on any atom is -0.490 e. The summed E-state index contributed by atoms with van der Waals surface area (Å²) in [7, 11) is 0. The highest BCUT2D eigenvalue weighted by Crippen LogP contribution is 2.40. The predicted molar refractivity (Wildman–Crippen MR) is 237 cm³/mol. The Morgan fingerprint density at radius 3 is 1.15 bits per heavy atom. The molecule has 1 heterocycles. The second-order valence-electron chi connectivity index (χ2n) is 16.7. The highest BCUT2D eigenvalue weighted by Gasteiger charge is 2.18. The molecule has 5 heteroatoms. The Morgan fingerprint density at radius 1 is 0.418 bits per heavy atom. The van der Waals surface area contributed by atoms with Crippen molar-refractivity contribution in [1.29, 1.82) is 0 Å². The average molecular weight is 768 g/mol. The lowest BCUT2D eigenvalue weighted by molar-refractivity contribution is -0.687. The van der Waals surface area contributed by atoms with E-state index in [0.717, 1.165) is 62.8 Å². The lowest BCUT2D eigenvalue weighted by Crippen LogP contribution is -2.31. The first kappa shape index (κ1) is 49.0. The van der Waals surface area contributed by atoms with Gasteiger partial charge in [0.15, 0.2) is 11.5 Å². The molecule has 0 aliphatic rings. The number of hydrogen-bond acceptors (Lipinski definition) is 3. The molecule has 0 N–H and O–H groups in total. The molecule has 1 aromatic heterocycles. The van der Waals surface area contributed by atoms with Crippen molar-refractivity contribution >= 4 is 0 Å². The van der Waals surface area contributed by atoms with E-state index in [2.05, 4.69) is 67.7 Å². The zero-order valence-electron chi connectivity index (χ0n) is 37.2. The number of ether oxygens (including phenoxy) is 3. The van der Waals surface area contributed by atoms with Crippen LogP contribution in [0.15, 0.2) is 30.9 Å². The summed E-state index contributed by atoms with van der Waals surface area (Å²) in [4.78, 5) is 0. The number of imidazole rings is 1. The first-order valence-corrected chi connectivity index (χ1v) is 24.3. The average Bonchev–Trinajstić information content (AvgIpc) is 3.64. The Hall–Kier alpha value is -2.17. The Labute approximate surface area is 342 Å². The molecule has 0 aliphatic heterocycles. The van der Waals surface area contributed by atoms with Crippen LogP contribution in [0.1, 0.15) is 239 Å². The second kappa shape index (κ2) is 36.2. The van der Waals surface area contributed by atoms with Crippen LogP contribution in [0.4, 0.5) is 0 Å². The summed E-state index contributed by atoms with van der Waals surface area (Å²) < 4.78 is 24.5. The van der Waals surface area contributed by atoms with Gasteiger partial charge in [0.05, 0.1) is 26.4 Å². The van der Waals surface area contributed by atoms with Crippen molar-refractivity contribution in [2.24, 2.45) is 0 Å². The van der Waals surface area contributed by atoms with Gasteiger partial charge in [-0.25, -0.2) is 9.13 Å². The van der Waals surface area contributed by atoms with Crippen LogP contribution in [-0.4, -0.2) is 24.4 Å². The van der Waals surface area contributed by atoms with Gasteiger partial charge in [0.1, 0.15) is 18.9 Å². The van der Waals surface area contributed by atoms with Gasteiger partial charge in [0.25, 0.3) is 0 Å². The smallest absolute Gasteiger partial charge is 0.244 e. The number of unbranched alkanes of at least 4 members (excludes halogenated alkanes) is 28. The topological polar surface area (TPSA) is 36.5 Å². The van der Waals surface area contributed by atoms with Crippen LogP contribution in [0.5, 0.6) is 17.2 Å². The van der Waals surface area contributed by atoms with Gasteiger partial charge in [-0.3, -0.25) is 0 Å². The van der Waals surface area contributed by atoms with Crippen molar-refractivity contribution < 1.29 is 18.8 Å². The quantitative estimate of drug-likeness (QED) is 0.0499. The fourth-order valence-electron chi connectivity index (χ4n) is 7.60. The number of benzene rings is 1. The van der Waals surface area contributed by atoms with Crippen LogP contribution in [0.2, 0.25) is 0 Å². The maximum absolute atomic E-state index is 6.63. The highest BCUT2D eigenvalue weighted by atomic mass is 16.5. The zero-order chi connectivity index (χ0) is 39.3. The summed E-state index contributed by atoms with van der Waals surface area (Å²) in [5.41, 5.74) is 1.21. The Morgan fingerprint density at radius 2 is 0.764 bits per heavy atom. The van der Waals surface area contributed by atoms with Gasteiger partial charge in [-0.1, -0.05) is 207 Å². The van der Waals surface area contributed by atoms with Crippen molar-refractivity contribution in [2.75, 3.05) is 19.8 Å². The van der Waals surface area contributed by atoms with Crippen molar-refractivity contribution in [3.05, 3.63) is 36.4 Å². The molecule has 0 aliphatic carbocycles. The first-order valence-electron chi connectivity index (χ1n) is 24.3. The van der Waals surface area contributed by atoms with E-state index in [1.54, 1.807) is 0 Å². The Balaban J connectivity index is 2.03. The molecular formula is C50H91N2O3+. The molecular weight excluding hydrogens is 677 g/mol. The first-order chi connectivity index (χ1) is 27.2. The van der Waals surface area contributed by atoms with Crippen LogP contribution < -0.4 is 18.8 Å². The van der Waals surface area contributed by atoms with Gasteiger partial charge >= 0.3 is 0 Å². The minimum absolute atomic E-state index is 0.716. The molecule has 2 aromatic rings. The molecule has 0 bridgehead atoms. The standard InChI is InChI=1S/C50H91N2O3/c1-5-9-13-16-19-22-25-28-31-34-40-53-48-43-47(45-52-39-38-51(46-52)37-12-8-4)44-49(54-41-35-32-29-26-23-20-17-14-10-6-2)50(48)55-42-36-33-30-27-24-21-18-15-11-7-3/h38-39,43-44,46H,5-37,40-42,45H2,1-4H3/q+1. The summed E-state index contributed by atoms with van der Waals surface area (Å²) in [6.45, 7) is 13.2. The molecule has 0 spiro atoms. The second-order valence-corrected chi connectivity index (χ2v) is 16.7. The Kier molecular flexibility index (Phi) is 32.2. The molecule has 0 unspecified atom stereocenters. The van der Waals surface area contributed by atoms with Crippen LogP contribution in [0.25, 0.3) is 0 Å². The molecule has 2 rings (SSSR count). The van der Waals surface area contributed by atoms with Crippen LogP contribution >= 0.6 is 0 Å². The molecule has 0 radical (unpaired) electrons. The largest absolute Gasteiger partial charge is 0.490 e. The predicted octanol–water partition coefficient (Wildman–Crippen LogP) is 15.5. The number of hydrogen-bond donors (Lipinski definition) is 0. The van der Waals surface area contributed by atoms with E-state index >= 15 is 0 Å². The molecule has 0 saturated carbocycles. The van der Waals surface area contributed by atoms with E-state index in [1.165, 1.54) is 192 Å². The molecule has 0 saturated heterocycles. The van der Waals surface area contributed by atoms with Gasteiger partial charge in [0.2, 0.25) is 12.1 Å². The van der Waals surface area contributed by atoms with E-state index in [0.29, 0.717) is 6.61 Å². The minimum atomic E-state index is 0.716. The van der Waals surface area contributed by atoms with E-state index in [1.807, 2.05) is 0 Å². The summed E-state index contributed by atoms with van der Waals surface area (Å²) in [5.74, 6) is 2.55. The molecule has 55 heavy (non-hydrogen) atoms. The number of aromatic nitrogens is 2. The molecule has 5 nitrogen and oxygen atoms in total. The van der Waals surface area contributed by atoms with Crippen molar-refractivity contribution in [2.45, 2.75) is 246 Å². The summed E-state index contributed by atoms with van der Waals surface area (Å²) in [6.07, 6.45) is 48.8. The fraction of sp³-hybridized carbons (Fsp3) is 0.820. The highest BCUT2D eigenvalue weighted by molar-refractivity contribution is 5.54. The van der Waals surface area contributed by atoms with Crippen molar-refractivity contribution in [3.63, 3.8) is 0 Å². The van der Waals surface area contributed by atoms with Crippen LogP contribution in [0.3, 0.4) is 0 Å². The van der Waals surface area contributed by atoms with E-state index in [-0.39, 0.29) is 0 Å². The zero-order valence-corrected chi connectivity index (χ0v) is 37.2. The number of aryl methyl sites for hydroxylation is 1. The maximum atomic E-state index is 6.63. The number of rotatable bonds is 41. The normalized spacial score (nSPS) is 11.4. The lowest BCUT2D eigenvalue weighted by Gasteiger charge is -2.19. The van der Waals surface area contributed by atoms with Crippen molar-refractivity contribution in [1.82, 2.24) is 4.57 Å². The molecule has 0 fully saturated rings.